The number of nitrogens with zero attached hydrogens (tertiary/aromatic N) is 1. The van der Waals surface area contributed by atoms with Crippen molar-refractivity contribution in [3.8, 4) is 0 Å². The van der Waals surface area contributed by atoms with Crippen LogP contribution in [0.2, 0.25) is 0 Å². The van der Waals surface area contributed by atoms with E-state index in [-0.39, 0.29) is 24.0 Å². The zero-order valence-electron chi connectivity index (χ0n) is 16.9. The Morgan fingerprint density at radius 2 is 1.63 bits per heavy atom. The normalized spacial score (nSPS) is 16.3. The Bertz CT molecular complexity index is 777. The van der Waals surface area contributed by atoms with E-state index in [9.17, 15) is 29.4 Å². The Morgan fingerprint density at radius 3 is 2.10 bits per heavy atom. The number of carbonyl (C=O) groups excluding carboxylic acids is 2. The number of hydrogen-bond donors (Lipinski definition) is 3. The average Bonchev–Trinajstić information content (AvgIpc) is 2.96. The number of carboxylic acids is 2. The van der Waals surface area contributed by atoms with Crippen molar-refractivity contribution in [2.45, 2.75) is 64.2 Å². The van der Waals surface area contributed by atoms with Crippen LogP contribution in [0.25, 0.3) is 0 Å². The molecule has 2 unspecified atom stereocenters. The molecule has 1 aromatic carbocycles. The van der Waals surface area contributed by atoms with Gasteiger partial charge in [-0.2, -0.15) is 10.3 Å². The molecule has 0 bridgehead atoms. The molecule has 3 N–H and O–H groups in total. The van der Waals surface area contributed by atoms with Gasteiger partial charge in [-0.1, -0.05) is 45.2 Å². The molecule has 0 aromatic heterocycles. The lowest BCUT2D eigenvalue weighted by molar-refractivity contribution is -0.385. The van der Waals surface area contributed by atoms with Crippen molar-refractivity contribution in [1.82, 2.24) is 10.4 Å². The zero-order chi connectivity index (χ0) is 22.3. The van der Waals surface area contributed by atoms with Crippen LogP contribution < -0.4 is 5.43 Å². The average molecular weight is 422 g/mol. The van der Waals surface area contributed by atoms with Crippen LogP contribution in [0.1, 0.15) is 73.1 Å². The van der Waals surface area contributed by atoms with Crippen molar-refractivity contribution >= 4 is 23.8 Å². The summed E-state index contributed by atoms with van der Waals surface area (Å²) < 4.78 is 0. The predicted octanol–water partition coefficient (Wildman–Crippen LogP) is 2.35. The summed E-state index contributed by atoms with van der Waals surface area (Å²) in [5.41, 5.74) is 0.270. The van der Waals surface area contributed by atoms with Gasteiger partial charge in [-0.3, -0.25) is 9.59 Å². The van der Waals surface area contributed by atoms with Crippen LogP contribution in [0.4, 0.5) is 0 Å². The second-order valence-electron chi connectivity index (χ2n) is 6.99. The van der Waals surface area contributed by atoms with Gasteiger partial charge >= 0.3 is 11.9 Å². The standard InChI is InChI=1S/C20H26N2O8/c1-3-5-11-15(18(25)26)29-30-20(19(27)28,12-6-4-2)21-22-16(23)13-9-7-8-10-14(13)17(22)24/h7-10,15,21H,3-6,11-12H2,1-2H3,(H,25,26)(H,27,28). The van der Waals surface area contributed by atoms with Crippen LogP contribution in [0, 0.1) is 0 Å². The molecule has 10 nitrogen and oxygen atoms in total. The van der Waals surface area contributed by atoms with Gasteiger partial charge in [0.2, 0.25) is 0 Å². The van der Waals surface area contributed by atoms with E-state index in [2.05, 4.69) is 5.43 Å². The summed E-state index contributed by atoms with van der Waals surface area (Å²) in [6.07, 6.45) is 0.712. The predicted molar refractivity (Wildman–Crippen MR) is 103 cm³/mol. The van der Waals surface area contributed by atoms with Crippen LogP contribution in [-0.2, 0) is 19.4 Å². The minimum Gasteiger partial charge on any atom is -0.479 e. The molecule has 1 heterocycles. The maximum Gasteiger partial charge on any atom is 0.356 e. The summed E-state index contributed by atoms with van der Waals surface area (Å²) in [6, 6.07) is 6.07. The van der Waals surface area contributed by atoms with Gasteiger partial charge < -0.3 is 10.2 Å². The summed E-state index contributed by atoms with van der Waals surface area (Å²) in [4.78, 5) is 58.9. The van der Waals surface area contributed by atoms with Crippen LogP contribution in [0.5, 0.6) is 0 Å². The number of rotatable bonds is 13. The quantitative estimate of drug-likeness (QED) is 0.189. The number of hydrazine groups is 1. The number of amides is 2. The molecule has 0 spiro atoms. The van der Waals surface area contributed by atoms with E-state index in [4.69, 9.17) is 9.78 Å². The first-order valence-electron chi connectivity index (χ1n) is 9.83. The number of benzene rings is 1. The number of carbonyl (C=O) groups is 4. The lowest BCUT2D eigenvalue weighted by atomic mass is 10.1. The molecule has 164 valence electrons. The summed E-state index contributed by atoms with van der Waals surface area (Å²) in [5, 5.41) is 19.7. The minimum absolute atomic E-state index is 0.113. The molecule has 2 amide bonds. The van der Waals surface area contributed by atoms with Gasteiger partial charge in [-0.25, -0.2) is 19.5 Å². The molecule has 0 saturated carbocycles. The molecule has 2 atom stereocenters. The number of nitrogens with one attached hydrogen (secondary N) is 1. The highest BCUT2D eigenvalue weighted by molar-refractivity contribution is 6.21. The van der Waals surface area contributed by atoms with Crippen molar-refractivity contribution in [2.24, 2.45) is 0 Å². The highest BCUT2D eigenvalue weighted by atomic mass is 17.2. The molecule has 1 aromatic rings. The van der Waals surface area contributed by atoms with E-state index in [0.29, 0.717) is 30.7 Å². The highest BCUT2D eigenvalue weighted by Gasteiger charge is 2.48. The smallest absolute Gasteiger partial charge is 0.356 e. The van der Waals surface area contributed by atoms with Gasteiger partial charge in [0.15, 0.2) is 6.10 Å². The number of imide groups is 1. The molecule has 0 fully saturated rings. The maximum absolute atomic E-state index is 12.6. The molecule has 30 heavy (non-hydrogen) atoms. The summed E-state index contributed by atoms with van der Waals surface area (Å²) in [7, 11) is 0. The first-order valence-corrected chi connectivity index (χ1v) is 9.83. The van der Waals surface area contributed by atoms with Gasteiger partial charge in [-0.05, 0) is 25.0 Å². The Balaban J connectivity index is 2.28. The number of fused-ring (bicyclic) bond motifs is 1. The number of unbranched alkanes of at least 4 members (excludes halogenated alkanes) is 2. The summed E-state index contributed by atoms with van der Waals surface area (Å²) in [6.45, 7) is 3.68. The zero-order valence-corrected chi connectivity index (χ0v) is 16.9. The fraction of sp³-hybridized carbons (Fsp3) is 0.500. The van der Waals surface area contributed by atoms with Crippen LogP contribution in [0.15, 0.2) is 24.3 Å². The molecule has 0 aliphatic carbocycles. The van der Waals surface area contributed by atoms with E-state index in [0.717, 1.165) is 0 Å². The third-order valence-electron chi connectivity index (χ3n) is 4.72. The van der Waals surface area contributed by atoms with Crippen LogP contribution in [0.3, 0.4) is 0 Å². The van der Waals surface area contributed by atoms with Gasteiger partial charge in [0, 0.05) is 6.42 Å². The van der Waals surface area contributed by atoms with Crippen LogP contribution in [-0.4, -0.2) is 50.8 Å². The molecule has 10 heteroatoms. The fourth-order valence-electron chi connectivity index (χ4n) is 2.95. The van der Waals surface area contributed by atoms with Crippen molar-refractivity contribution in [1.29, 1.82) is 0 Å². The molecule has 1 aliphatic heterocycles. The van der Waals surface area contributed by atoms with Gasteiger partial charge in [0.05, 0.1) is 11.1 Å². The first-order chi connectivity index (χ1) is 14.3. The number of aliphatic carboxylic acids is 2. The Kier molecular flexibility index (Phi) is 8.04. The van der Waals surface area contributed by atoms with Crippen molar-refractivity contribution < 1.29 is 39.2 Å². The summed E-state index contributed by atoms with van der Waals surface area (Å²) in [5.74, 6) is -4.32. The SMILES string of the molecule is CCCCC(OOC(CCCC)(NN1C(=O)c2ccccc2C1=O)C(=O)O)C(=O)O. The van der Waals surface area contributed by atoms with E-state index in [1.54, 1.807) is 12.1 Å². The van der Waals surface area contributed by atoms with Crippen LogP contribution >= 0.6 is 0 Å². The second-order valence-corrected chi connectivity index (χ2v) is 6.99. The number of carboxylic acid groups (broad SMARTS) is 2. The second kappa shape index (κ2) is 10.3. The third-order valence-corrected chi connectivity index (χ3v) is 4.72. The topological polar surface area (TPSA) is 142 Å². The monoisotopic (exact) mass is 422 g/mol. The lowest BCUT2D eigenvalue weighted by Crippen LogP contribution is -2.62. The van der Waals surface area contributed by atoms with Crippen molar-refractivity contribution in [2.75, 3.05) is 0 Å². The third kappa shape index (κ3) is 5.02. The largest absolute Gasteiger partial charge is 0.479 e. The maximum atomic E-state index is 12.6. The van der Waals surface area contributed by atoms with E-state index < -0.39 is 35.6 Å². The fourth-order valence-corrected chi connectivity index (χ4v) is 2.95. The van der Waals surface area contributed by atoms with Gasteiger partial charge in [0.1, 0.15) is 0 Å². The highest BCUT2D eigenvalue weighted by Crippen LogP contribution is 2.26. The van der Waals surface area contributed by atoms with Crippen molar-refractivity contribution in [3.05, 3.63) is 35.4 Å². The van der Waals surface area contributed by atoms with E-state index in [1.165, 1.54) is 12.1 Å². The molecular weight excluding hydrogens is 396 g/mol. The summed E-state index contributed by atoms with van der Waals surface area (Å²) >= 11 is 0. The minimum atomic E-state index is -2.33. The van der Waals surface area contributed by atoms with E-state index >= 15 is 0 Å². The Labute approximate surface area is 173 Å². The van der Waals surface area contributed by atoms with Gasteiger partial charge in [0.25, 0.3) is 17.5 Å². The van der Waals surface area contributed by atoms with Crippen molar-refractivity contribution in [3.63, 3.8) is 0 Å². The first kappa shape index (κ1) is 23.5. The molecular formula is C20H26N2O8. The molecule has 0 saturated heterocycles. The Hall–Kier alpha value is -2.82. The molecule has 0 radical (unpaired) electrons. The molecule has 1 aliphatic rings. The lowest BCUT2D eigenvalue weighted by Gasteiger charge is -2.33. The van der Waals surface area contributed by atoms with E-state index in [1.807, 2.05) is 13.8 Å². The number of hydrogen-bond acceptors (Lipinski definition) is 7. The Morgan fingerprint density at radius 1 is 1.07 bits per heavy atom. The molecule has 2 rings (SSSR count). The van der Waals surface area contributed by atoms with Gasteiger partial charge in [-0.15, -0.1) is 0 Å².